The number of halogens is 1. The predicted molar refractivity (Wildman–Crippen MR) is 118 cm³/mol. The van der Waals surface area contributed by atoms with Crippen molar-refractivity contribution in [3.8, 4) is 0 Å². The summed E-state index contributed by atoms with van der Waals surface area (Å²) in [5.74, 6) is -0.897. The zero-order chi connectivity index (χ0) is 22.0. The molecule has 9 heteroatoms. The SMILES string of the molecule is Cc1ccc(NC(=O)N2CCC[C@H]2c2nnc(C(=O)Nc3cccc(F)c3)s2)c(C)c1. The van der Waals surface area contributed by atoms with Gasteiger partial charge in [0, 0.05) is 17.9 Å². The summed E-state index contributed by atoms with van der Waals surface area (Å²) in [6.45, 7) is 4.57. The molecule has 0 unspecified atom stereocenters. The maximum atomic E-state index is 13.3. The largest absolute Gasteiger partial charge is 0.322 e. The highest BCUT2D eigenvalue weighted by Crippen LogP contribution is 2.34. The number of nitrogens with one attached hydrogen (secondary N) is 2. The number of urea groups is 1. The third-order valence-corrected chi connectivity index (χ3v) is 6.16. The number of anilines is 2. The van der Waals surface area contributed by atoms with E-state index < -0.39 is 11.7 Å². The van der Waals surface area contributed by atoms with E-state index in [4.69, 9.17) is 0 Å². The zero-order valence-electron chi connectivity index (χ0n) is 17.2. The molecule has 1 aliphatic rings. The first-order valence-corrected chi connectivity index (χ1v) is 10.8. The highest BCUT2D eigenvalue weighted by Gasteiger charge is 2.33. The first-order valence-electron chi connectivity index (χ1n) is 9.96. The highest BCUT2D eigenvalue weighted by molar-refractivity contribution is 7.13. The van der Waals surface area contributed by atoms with Gasteiger partial charge in [0.2, 0.25) is 5.01 Å². The van der Waals surface area contributed by atoms with Crippen LogP contribution in [0.5, 0.6) is 0 Å². The van der Waals surface area contributed by atoms with Gasteiger partial charge in [-0.15, -0.1) is 10.2 Å². The normalized spacial score (nSPS) is 15.7. The summed E-state index contributed by atoms with van der Waals surface area (Å²) in [5.41, 5.74) is 3.24. The van der Waals surface area contributed by atoms with E-state index in [9.17, 15) is 14.0 Å². The standard InChI is InChI=1S/C22H22FN5O2S/c1-13-8-9-17(14(2)11-13)25-22(30)28-10-4-7-18(28)20-26-27-21(31-20)19(29)24-16-6-3-5-15(23)12-16/h3,5-6,8-9,11-12,18H,4,7,10H2,1-2H3,(H,24,29)(H,25,30)/t18-/m0/s1. The molecule has 0 radical (unpaired) electrons. The smallest absolute Gasteiger partial charge is 0.320 e. The monoisotopic (exact) mass is 439 g/mol. The van der Waals surface area contributed by atoms with E-state index in [2.05, 4.69) is 20.8 Å². The number of hydrogen-bond acceptors (Lipinski definition) is 5. The van der Waals surface area contributed by atoms with Crippen molar-refractivity contribution in [2.75, 3.05) is 17.2 Å². The summed E-state index contributed by atoms with van der Waals surface area (Å²) in [7, 11) is 0. The van der Waals surface area contributed by atoms with Crippen molar-refractivity contribution in [3.63, 3.8) is 0 Å². The van der Waals surface area contributed by atoms with Gasteiger partial charge in [-0.05, 0) is 56.5 Å². The van der Waals surface area contributed by atoms with E-state index in [0.29, 0.717) is 17.2 Å². The number of benzene rings is 2. The van der Waals surface area contributed by atoms with Crippen molar-refractivity contribution in [2.45, 2.75) is 32.7 Å². The molecule has 0 bridgehead atoms. The summed E-state index contributed by atoms with van der Waals surface area (Å²) in [6.07, 6.45) is 1.59. The van der Waals surface area contributed by atoms with E-state index in [1.807, 2.05) is 32.0 Å². The van der Waals surface area contributed by atoms with Gasteiger partial charge in [-0.25, -0.2) is 9.18 Å². The molecule has 1 fully saturated rings. The van der Waals surface area contributed by atoms with E-state index in [1.54, 1.807) is 11.0 Å². The van der Waals surface area contributed by atoms with Crippen LogP contribution in [0.25, 0.3) is 0 Å². The van der Waals surface area contributed by atoms with Crippen LogP contribution in [0.4, 0.5) is 20.6 Å². The fourth-order valence-electron chi connectivity index (χ4n) is 3.62. The van der Waals surface area contributed by atoms with Crippen LogP contribution in [0.1, 0.15) is 44.8 Å². The van der Waals surface area contributed by atoms with Crippen molar-refractivity contribution in [2.24, 2.45) is 0 Å². The van der Waals surface area contributed by atoms with Crippen LogP contribution >= 0.6 is 11.3 Å². The fourth-order valence-corrected chi connectivity index (χ4v) is 4.51. The Balaban J connectivity index is 1.46. The van der Waals surface area contributed by atoms with Gasteiger partial charge in [0.15, 0.2) is 0 Å². The number of carbonyl (C=O) groups is 2. The van der Waals surface area contributed by atoms with Crippen molar-refractivity contribution in [3.05, 3.63) is 69.4 Å². The molecule has 0 aliphatic carbocycles. The molecule has 3 amide bonds. The molecule has 7 nitrogen and oxygen atoms in total. The number of aromatic nitrogens is 2. The molecule has 160 valence electrons. The molecule has 0 saturated carbocycles. The number of carbonyl (C=O) groups excluding carboxylic acids is 2. The fraction of sp³-hybridized carbons (Fsp3) is 0.273. The second kappa shape index (κ2) is 8.81. The van der Waals surface area contributed by atoms with Gasteiger partial charge in [0.25, 0.3) is 5.91 Å². The molecule has 4 rings (SSSR count). The Kier molecular flexibility index (Phi) is 5.94. The number of aryl methyl sites for hydroxylation is 2. The highest BCUT2D eigenvalue weighted by atomic mass is 32.1. The maximum absolute atomic E-state index is 13.3. The molecule has 2 aromatic carbocycles. The lowest BCUT2D eigenvalue weighted by molar-refractivity contribution is 0.102. The molecule has 31 heavy (non-hydrogen) atoms. The maximum Gasteiger partial charge on any atom is 0.322 e. The summed E-state index contributed by atoms with van der Waals surface area (Å²) < 4.78 is 13.3. The van der Waals surface area contributed by atoms with E-state index >= 15 is 0 Å². The number of rotatable bonds is 4. The number of hydrogen-bond donors (Lipinski definition) is 2. The summed E-state index contributed by atoms with van der Waals surface area (Å²) in [6, 6.07) is 11.1. The topological polar surface area (TPSA) is 87.2 Å². The minimum Gasteiger partial charge on any atom is -0.320 e. The molecule has 2 N–H and O–H groups in total. The molecule has 1 aliphatic heterocycles. The number of amides is 3. The summed E-state index contributed by atoms with van der Waals surface area (Å²) in [4.78, 5) is 27.1. The minimum atomic E-state index is -0.460. The van der Waals surface area contributed by atoms with Gasteiger partial charge < -0.3 is 15.5 Å². The minimum absolute atomic E-state index is 0.167. The molecule has 0 spiro atoms. The average molecular weight is 440 g/mol. The van der Waals surface area contributed by atoms with E-state index in [0.717, 1.165) is 41.0 Å². The Morgan fingerprint density at radius 2 is 1.97 bits per heavy atom. The summed E-state index contributed by atoms with van der Waals surface area (Å²) >= 11 is 1.14. The van der Waals surface area contributed by atoms with Crippen LogP contribution in [0.15, 0.2) is 42.5 Å². The predicted octanol–water partition coefficient (Wildman–Crippen LogP) is 4.92. The molecule has 1 aromatic heterocycles. The second-order valence-corrected chi connectivity index (χ2v) is 8.52. The van der Waals surface area contributed by atoms with Crippen LogP contribution in [0.3, 0.4) is 0 Å². The first kappa shape index (κ1) is 20.9. The lowest BCUT2D eigenvalue weighted by Crippen LogP contribution is -2.34. The molecular weight excluding hydrogens is 417 g/mol. The Bertz CT molecular complexity index is 1130. The molecule has 2 heterocycles. The van der Waals surface area contributed by atoms with Crippen molar-refractivity contribution < 1.29 is 14.0 Å². The van der Waals surface area contributed by atoms with Crippen molar-refractivity contribution in [1.82, 2.24) is 15.1 Å². The van der Waals surface area contributed by atoms with Gasteiger partial charge in [-0.2, -0.15) is 0 Å². The quantitative estimate of drug-likeness (QED) is 0.604. The Morgan fingerprint density at radius 3 is 2.74 bits per heavy atom. The molecule has 1 atom stereocenters. The van der Waals surface area contributed by atoms with Crippen LogP contribution in [-0.2, 0) is 0 Å². The van der Waals surface area contributed by atoms with Gasteiger partial charge >= 0.3 is 6.03 Å². The Morgan fingerprint density at radius 1 is 1.13 bits per heavy atom. The molecule has 1 saturated heterocycles. The van der Waals surface area contributed by atoms with Crippen LogP contribution < -0.4 is 10.6 Å². The van der Waals surface area contributed by atoms with Gasteiger partial charge in [-0.1, -0.05) is 35.1 Å². The van der Waals surface area contributed by atoms with E-state index in [-0.39, 0.29) is 17.1 Å². The first-order chi connectivity index (χ1) is 14.9. The van der Waals surface area contributed by atoms with Crippen molar-refractivity contribution >= 4 is 34.6 Å². The van der Waals surface area contributed by atoms with Gasteiger partial charge in [0.05, 0.1) is 6.04 Å². The third kappa shape index (κ3) is 4.72. The van der Waals surface area contributed by atoms with Crippen LogP contribution in [0.2, 0.25) is 0 Å². The Hall–Kier alpha value is -3.33. The number of nitrogens with zero attached hydrogens (tertiary/aromatic N) is 3. The van der Waals surface area contributed by atoms with Crippen molar-refractivity contribution in [1.29, 1.82) is 0 Å². The lowest BCUT2D eigenvalue weighted by Gasteiger charge is -2.23. The average Bonchev–Trinajstić information content (AvgIpc) is 3.39. The number of likely N-dealkylation sites (tertiary alicyclic amines) is 1. The third-order valence-electron chi connectivity index (χ3n) is 5.14. The summed E-state index contributed by atoms with van der Waals surface area (Å²) in [5, 5.41) is 14.5. The van der Waals surface area contributed by atoms with E-state index in [1.165, 1.54) is 18.2 Å². The zero-order valence-corrected chi connectivity index (χ0v) is 18.0. The van der Waals surface area contributed by atoms with Crippen LogP contribution in [0, 0.1) is 19.7 Å². The lowest BCUT2D eigenvalue weighted by atomic mass is 10.1. The van der Waals surface area contributed by atoms with Gasteiger partial charge in [-0.3, -0.25) is 4.79 Å². The van der Waals surface area contributed by atoms with Crippen LogP contribution in [-0.4, -0.2) is 33.6 Å². The molecular formula is C22H22FN5O2S. The molecule has 3 aromatic rings. The second-order valence-electron chi connectivity index (χ2n) is 7.51. The van der Waals surface area contributed by atoms with Gasteiger partial charge in [0.1, 0.15) is 10.8 Å². The Labute approximate surface area is 183 Å².